The molecule has 0 heterocycles. The van der Waals surface area contributed by atoms with E-state index in [0.717, 1.165) is 5.56 Å². The first-order valence-electron chi connectivity index (χ1n) is 7.85. The van der Waals surface area contributed by atoms with Gasteiger partial charge < -0.3 is 9.64 Å². The number of nitrogens with zero attached hydrogens (tertiary/aromatic N) is 1. The largest absolute Gasteiger partial charge is 0.411 e. The van der Waals surface area contributed by atoms with Crippen molar-refractivity contribution in [1.82, 2.24) is 15.8 Å². The van der Waals surface area contributed by atoms with Gasteiger partial charge >= 0.3 is 6.18 Å². The lowest BCUT2D eigenvalue weighted by Crippen LogP contribution is -2.34. The highest BCUT2D eigenvalue weighted by atomic mass is 19.4. The van der Waals surface area contributed by atoms with Crippen LogP contribution in [0.2, 0.25) is 0 Å². The van der Waals surface area contributed by atoms with Gasteiger partial charge in [-0.15, -0.1) is 0 Å². The number of halogens is 3. The van der Waals surface area contributed by atoms with Crippen LogP contribution in [0.15, 0.2) is 24.3 Å². The van der Waals surface area contributed by atoms with Crippen molar-refractivity contribution in [2.45, 2.75) is 26.6 Å². The van der Waals surface area contributed by atoms with Gasteiger partial charge in [-0.3, -0.25) is 15.6 Å². The van der Waals surface area contributed by atoms with Gasteiger partial charge in [-0.1, -0.05) is 12.1 Å². The lowest BCUT2D eigenvalue weighted by molar-refractivity contribution is -0.173. The summed E-state index contributed by atoms with van der Waals surface area (Å²) in [6, 6.07) is 7.21. The quantitative estimate of drug-likeness (QED) is 0.504. The smallest absolute Gasteiger partial charge is 0.371 e. The Balaban J connectivity index is 2.26. The molecule has 0 fully saturated rings. The predicted molar refractivity (Wildman–Crippen MR) is 85.4 cm³/mol. The zero-order valence-corrected chi connectivity index (χ0v) is 13.9. The number of alkyl halides is 3. The maximum Gasteiger partial charge on any atom is 0.411 e. The van der Waals surface area contributed by atoms with Gasteiger partial charge in [0.25, 0.3) is 5.91 Å². The van der Waals surface area contributed by atoms with Gasteiger partial charge in [-0.25, -0.2) is 0 Å². The molecule has 0 radical (unpaired) electrons. The van der Waals surface area contributed by atoms with Crippen molar-refractivity contribution in [3.05, 3.63) is 35.4 Å². The molecule has 0 unspecified atom stereocenters. The molecule has 1 aromatic rings. The minimum Gasteiger partial charge on any atom is -0.371 e. The summed E-state index contributed by atoms with van der Waals surface area (Å²) in [6.45, 7) is 4.67. The number of carbonyl (C=O) groups is 1. The van der Waals surface area contributed by atoms with E-state index in [1.807, 2.05) is 26.0 Å². The van der Waals surface area contributed by atoms with E-state index in [9.17, 15) is 18.0 Å². The van der Waals surface area contributed by atoms with Gasteiger partial charge in [-0.2, -0.15) is 13.2 Å². The highest BCUT2D eigenvalue weighted by Gasteiger charge is 2.27. The SMILES string of the molecule is CCN(CC)C(=O)c1ccc(CNNCCOCC(F)(F)F)cc1. The van der Waals surface area contributed by atoms with E-state index in [1.54, 1.807) is 17.0 Å². The van der Waals surface area contributed by atoms with Crippen molar-refractivity contribution in [1.29, 1.82) is 0 Å². The van der Waals surface area contributed by atoms with Crippen LogP contribution in [0.3, 0.4) is 0 Å². The van der Waals surface area contributed by atoms with Gasteiger partial charge in [0.15, 0.2) is 0 Å². The number of benzene rings is 1. The molecule has 24 heavy (non-hydrogen) atoms. The number of nitrogens with one attached hydrogen (secondary N) is 2. The maximum absolute atomic E-state index is 12.2. The van der Waals surface area contributed by atoms with Crippen molar-refractivity contribution < 1.29 is 22.7 Å². The number of amides is 1. The van der Waals surface area contributed by atoms with Gasteiger partial charge in [0.05, 0.1) is 6.61 Å². The van der Waals surface area contributed by atoms with Crippen LogP contribution in [0, 0.1) is 0 Å². The Morgan fingerprint density at radius 2 is 1.75 bits per heavy atom. The summed E-state index contributed by atoms with van der Waals surface area (Å²) in [4.78, 5) is 13.9. The summed E-state index contributed by atoms with van der Waals surface area (Å²) in [6.07, 6.45) is -4.29. The van der Waals surface area contributed by atoms with Gasteiger partial charge in [-0.05, 0) is 31.5 Å². The third kappa shape index (κ3) is 7.76. The molecule has 0 aliphatic carbocycles. The van der Waals surface area contributed by atoms with Crippen LogP contribution in [0.1, 0.15) is 29.8 Å². The third-order valence-electron chi connectivity index (χ3n) is 3.31. The number of carbonyl (C=O) groups excluding carboxylic acids is 1. The standard InChI is InChI=1S/C16H24F3N3O2/c1-3-22(4-2)15(23)14-7-5-13(6-8-14)11-21-20-9-10-24-12-16(17,18)19/h5-8,20-21H,3-4,9-12H2,1-2H3. The monoisotopic (exact) mass is 347 g/mol. The molecule has 136 valence electrons. The first kappa shape index (κ1) is 20.4. The second-order valence-electron chi connectivity index (χ2n) is 5.12. The van der Waals surface area contributed by atoms with Crippen LogP contribution in [0.4, 0.5) is 13.2 Å². The van der Waals surface area contributed by atoms with Crippen LogP contribution < -0.4 is 10.9 Å². The van der Waals surface area contributed by atoms with Crippen LogP contribution in [0.5, 0.6) is 0 Å². The lowest BCUT2D eigenvalue weighted by atomic mass is 10.1. The Labute approximate surface area is 140 Å². The second kappa shape index (κ2) is 10.3. The molecule has 1 amide bonds. The number of ether oxygens (including phenoxy) is 1. The van der Waals surface area contributed by atoms with Gasteiger partial charge in [0.2, 0.25) is 0 Å². The topological polar surface area (TPSA) is 53.6 Å². The van der Waals surface area contributed by atoms with Crippen molar-refractivity contribution in [2.75, 3.05) is 32.8 Å². The predicted octanol–water partition coefficient (Wildman–Crippen LogP) is 2.34. The molecule has 0 aliphatic heterocycles. The van der Waals surface area contributed by atoms with Crippen molar-refractivity contribution in [2.24, 2.45) is 0 Å². The van der Waals surface area contributed by atoms with Crippen molar-refractivity contribution >= 4 is 5.91 Å². The first-order valence-corrected chi connectivity index (χ1v) is 7.85. The summed E-state index contributed by atoms with van der Waals surface area (Å²) < 4.78 is 40.0. The van der Waals surface area contributed by atoms with E-state index in [-0.39, 0.29) is 19.1 Å². The van der Waals surface area contributed by atoms with Crippen molar-refractivity contribution in [3.8, 4) is 0 Å². The fraction of sp³-hybridized carbons (Fsp3) is 0.562. The Morgan fingerprint density at radius 1 is 1.12 bits per heavy atom. The summed E-state index contributed by atoms with van der Waals surface area (Å²) >= 11 is 0. The van der Waals surface area contributed by atoms with E-state index in [0.29, 0.717) is 25.2 Å². The highest BCUT2D eigenvalue weighted by Crippen LogP contribution is 2.13. The molecule has 0 saturated heterocycles. The average molecular weight is 347 g/mol. The molecule has 0 bridgehead atoms. The molecule has 1 rings (SSSR count). The molecule has 1 aromatic carbocycles. The number of hydrogen-bond acceptors (Lipinski definition) is 4. The van der Waals surface area contributed by atoms with Gasteiger partial charge in [0, 0.05) is 31.7 Å². The normalized spacial score (nSPS) is 11.5. The lowest BCUT2D eigenvalue weighted by Gasteiger charge is -2.18. The van der Waals surface area contributed by atoms with E-state index in [4.69, 9.17) is 0 Å². The third-order valence-corrected chi connectivity index (χ3v) is 3.31. The number of hydrogen-bond donors (Lipinski definition) is 2. The van der Waals surface area contributed by atoms with E-state index < -0.39 is 12.8 Å². The Morgan fingerprint density at radius 3 is 2.29 bits per heavy atom. The van der Waals surface area contributed by atoms with Crippen LogP contribution in [0.25, 0.3) is 0 Å². The van der Waals surface area contributed by atoms with E-state index >= 15 is 0 Å². The summed E-state index contributed by atoms with van der Waals surface area (Å²) in [7, 11) is 0. The fourth-order valence-corrected chi connectivity index (χ4v) is 2.02. The molecule has 8 heteroatoms. The molecule has 2 N–H and O–H groups in total. The Kier molecular flexibility index (Phi) is 8.73. The Hall–Kier alpha value is -1.64. The minimum absolute atomic E-state index is 0.000511. The van der Waals surface area contributed by atoms with Gasteiger partial charge in [0.1, 0.15) is 6.61 Å². The Bertz CT molecular complexity index is 488. The van der Waals surface area contributed by atoms with E-state index in [1.165, 1.54) is 0 Å². The molecular weight excluding hydrogens is 323 g/mol. The number of hydrazine groups is 1. The zero-order valence-electron chi connectivity index (χ0n) is 13.9. The fourth-order valence-electron chi connectivity index (χ4n) is 2.02. The molecule has 0 atom stereocenters. The summed E-state index contributed by atoms with van der Waals surface area (Å²) in [5.74, 6) is -0.000511. The maximum atomic E-state index is 12.2. The molecule has 0 spiro atoms. The van der Waals surface area contributed by atoms with Crippen LogP contribution >= 0.6 is 0 Å². The second-order valence-corrected chi connectivity index (χ2v) is 5.12. The summed E-state index contributed by atoms with van der Waals surface area (Å²) in [5.41, 5.74) is 7.25. The molecule has 5 nitrogen and oxygen atoms in total. The van der Waals surface area contributed by atoms with Crippen molar-refractivity contribution in [3.63, 3.8) is 0 Å². The molecular formula is C16H24F3N3O2. The van der Waals surface area contributed by atoms with Crippen LogP contribution in [-0.2, 0) is 11.3 Å². The minimum atomic E-state index is -4.29. The highest BCUT2D eigenvalue weighted by molar-refractivity contribution is 5.94. The average Bonchev–Trinajstić information content (AvgIpc) is 2.54. The molecule has 0 aliphatic rings. The zero-order chi connectivity index (χ0) is 18.0. The molecule has 0 saturated carbocycles. The van der Waals surface area contributed by atoms with Crippen LogP contribution in [-0.4, -0.2) is 49.8 Å². The summed E-state index contributed by atoms with van der Waals surface area (Å²) in [5, 5.41) is 0. The first-order chi connectivity index (χ1) is 11.4. The number of rotatable bonds is 10. The molecule has 0 aromatic heterocycles. The van der Waals surface area contributed by atoms with E-state index in [2.05, 4.69) is 15.6 Å².